The molecule has 0 aliphatic rings. The first-order chi connectivity index (χ1) is 13.5. The van der Waals surface area contributed by atoms with Gasteiger partial charge in [-0.15, -0.1) is 0 Å². The quantitative estimate of drug-likeness (QED) is 0.276. The number of aromatic amines is 1. The normalized spacial score (nSPS) is 11.2. The molecule has 2 heterocycles. The lowest BCUT2D eigenvalue weighted by Crippen LogP contribution is -2.22. The molecular formula is C18H13Cl2N5OS2. The lowest BCUT2D eigenvalue weighted by atomic mass is 10.2. The Labute approximate surface area is 179 Å². The summed E-state index contributed by atoms with van der Waals surface area (Å²) in [5.74, 6) is 1.21. The lowest BCUT2D eigenvalue weighted by molar-refractivity contribution is 0.810. The first-order valence-corrected chi connectivity index (χ1v) is 10.3. The summed E-state index contributed by atoms with van der Waals surface area (Å²) in [6.07, 6.45) is 0. The molecule has 142 valence electrons. The maximum atomic E-state index is 13.3. The topological polar surface area (TPSA) is 68.5 Å². The van der Waals surface area contributed by atoms with Gasteiger partial charge in [0.05, 0.1) is 27.4 Å². The number of fused-ring (bicyclic) bond motifs is 1. The fraction of sp³-hybridized carbons (Fsp3) is 0.111. The number of benzene rings is 2. The second kappa shape index (κ2) is 7.71. The Hall–Kier alpha value is -2.13. The van der Waals surface area contributed by atoms with Gasteiger partial charge in [0, 0.05) is 12.1 Å². The van der Waals surface area contributed by atoms with E-state index in [2.05, 4.69) is 15.2 Å². The van der Waals surface area contributed by atoms with Crippen molar-refractivity contribution in [2.45, 2.75) is 10.9 Å². The molecule has 0 unspecified atom stereocenters. The summed E-state index contributed by atoms with van der Waals surface area (Å²) < 4.78 is 3.86. The average Bonchev–Trinajstić information content (AvgIpc) is 3.00. The SMILES string of the molecule is Cn1c(CSc2nc3c(Cl)cc(Cl)cc3c(=O)n2-c2ccccc2)n[nH]c1=S. The molecule has 0 amide bonds. The summed E-state index contributed by atoms with van der Waals surface area (Å²) in [4.78, 5) is 18.0. The van der Waals surface area contributed by atoms with Gasteiger partial charge >= 0.3 is 0 Å². The van der Waals surface area contributed by atoms with Crippen molar-refractivity contribution in [2.24, 2.45) is 7.05 Å². The zero-order valence-electron chi connectivity index (χ0n) is 14.5. The Kier molecular flexibility index (Phi) is 5.29. The molecule has 0 radical (unpaired) electrons. The molecule has 0 fully saturated rings. The van der Waals surface area contributed by atoms with Crippen molar-refractivity contribution < 1.29 is 0 Å². The molecule has 4 rings (SSSR count). The van der Waals surface area contributed by atoms with Crippen LogP contribution < -0.4 is 5.56 Å². The van der Waals surface area contributed by atoms with E-state index in [-0.39, 0.29) is 5.56 Å². The molecule has 0 bridgehead atoms. The van der Waals surface area contributed by atoms with Gasteiger partial charge in [-0.05, 0) is 36.5 Å². The van der Waals surface area contributed by atoms with Crippen LogP contribution in [-0.2, 0) is 12.8 Å². The molecule has 1 N–H and O–H groups in total. The average molecular weight is 450 g/mol. The zero-order chi connectivity index (χ0) is 19.8. The van der Waals surface area contributed by atoms with E-state index in [4.69, 9.17) is 35.4 Å². The summed E-state index contributed by atoms with van der Waals surface area (Å²) in [5, 5.41) is 8.55. The van der Waals surface area contributed by atoms with Crippen molar-refractivity contribution in [3.8, 4) is 5.69 Å². The highest BCUT2D eigenvalue weighted by atomic mass is 35.5. The van der Waals surface area contributed by atoms with Crippen molar-refractivity contribution in [1.29, 1.82) is 0 Å². The number of H-pyrrole nitrogens is 1. The summed E-state index contributed by atoms with van der Waals surface area (Å²) in [6.45, 7) is 0. The van der Waals surface area contributed by atoms with Crippen molar-refractivity contribution in [2.75, 3.05) is 0 Å². The predicted octanol–water partition coefficient (Wildman–Crippen LogP) is 4.78. The van der Waals surface area contributed by atoms with E-state index >= 15 is 0 Å². The van der Waals surface area contributed by atoms with Crippen LogP contribution in [0.2, 0.25) is 10.0 Å². The van der Waals surface area contributed by atoms with E-state index in [9.17, 15) is 4.79 Å². The molecule has 0 saturated heterocycles. The third kappa shape index (κ3) is 3.48. The first kappa shape index (κ1) is 19.2. The van der Waals surface area contributed by atoms with Gasteiger partial charge in [0.2, 0.25) is 0 Å². The number of rotatable bonds is 4. The van der Waals surface area contributed by atoms with Gasteiger partial charge in [0.25, 0.3) is 5.56 Å². The Bertz CT molecular complexity index is 1300. The lowest BCUT2D eigenvalue weighted by Gasteiger charge is -2.13. The van der Waals surface area contributed by atoms with Gasteiger partial charge < -0.3 is 4.57 Å². The molecule has 6 nitrogen and oxygen atoms in total. The molecule has 0 spiro atoms. The standard InChI is InChI=1S/C18H13Cl2N5OS2/c1-24-14(22-23-17(24)27)9-28-18-21-15-12(7-10(19)8-13(15)20)16(26)25(18)11-5-3-2-4-6-11/h2-8H,9H2,1H3,(H,23,27). The Morgan fingerprint density at radius 2 is 1.96 bits per heavy atom. The first-order valence-electron chi connectivity index (χ1n) is 8.16. The highest BCUT2D eigenvalue weighted by molar-refractivity contribution is 7.98. The number of halogens is 2. The van der Waals surface area contributed by atoms with Crippen LogP contribution in [-0.4, -0.2) is 24.3 Å². The predicted molar refractivity (Wildman–Crippen MR) is 115 cm³/mol. The number of thioether (sulfide) groups is 1. The highest BCUT2D eigenvalue weighted by Crippen LogP contribution is 2.29. The number of hydrogen-bond acceptors (Lipinski definition) is 5. The molecule has 0 aliphatic heterocycles. The number of hydrogen-bond donors (Lipinski definition) is 1. The Morgan fingerprint density at radius 1 is 1.21 bits per heavy atom. The van der Waals surface area contributed by atoms with Crippen molar-refractivity contribution in [3.63, 3.8) is 0 Å². The molecule has 0 aliphatic carbocycles. The van der Waals surface area contributed by atoms with Gasteiger partial charge in [-0.3, -0.25) is 14.5 Å². The third-order valence-electron chi connectivity index (χ3n) is 4.18. The van der Waals surface area contributed by atoms with E-state index in [1.54, 1.807) is 21.3 Å². The highest BCUT2D eigenvalue weighted by Gasteiger charge is 2.17. The molecule has 4 aromatic rings. The van der Waals surface area contributed by atoms with Crippen LogP contribution in [0.3, 0.4) is 0 Å². The van der Waals surface area contributed by atoms with Crippen LogP contribution in [0.1, 0.15) is 5.82 Å². The fourth-order valence-electron chi connectivity index (χ4n) is 2.73. The Morgan fingerprint density at radius 3 is 2.64 bits per heavy atom. The van der Waals surface area contributed by atoms with E-state index in [0.29, 0.717) is 42.3 Å². The van der Waals surface area contributed by atoms with Gasteiger partial charge in [0.15, 0.2) is 9.93 Å². The van der Waals surface area contributed by atoms with E-state index in [0.717, 1.165) is 5.82 Å². The van der Waals surface area contributed by atoms with Crippen molar-refractivity contribution in [1.82, 2.24) is 24.3 Å². The largest absolute Gasteiger partial charge is 0.307 e. The second-order valence-electron chi connectivity index (χ2n) is 5.95. The minimum atomic E-state index is -0.238. The number of nitrogens with zero attached hydrogens (tertiary/aromatic N) is 4. The van der Waals surface area contributed by atoms with Gasteiger partial charge in [0.1, 0.15) is 5.82 Å². The molecular weight excluding hydrogens is 437 g/mol. The summed E-state index contributed by atoms with van der Waals surface area (Å²) in [6, 6.07) is 12.5. The van der Waals surface area contributed by atoms with Crippen LogP contribution in [0.15, 0.2) is 52.4 Å². The second-order valence-corrected chi connectivity index (χ2v) is 8.12. The minimum Gasteiger partial charge on any atom is -0.307 e. The van der Waals surface area contributed by atoms with E-state index in [1.165, 1.54) is 11.8 Å². The van der Waals surface area contributed by atoms with Crippen LogP contribution in [0.5, 0.6) is 0 Å². The molecule has 2 aromatic heterocycles. The van der Waals surface area contributed by atoms with Crippen LogP contribution in [0.25, 0.3) is 16.6 Å². The monoisotopic (exact) mass is 449 g/mol. The number of para-hydroxylation sites is 1. The smallest absolute Gasteiger partial charge is 0.266 e. The van der Waals surface area contributed by atoms with Crippen LogP contribution in [0, 0.1) is 4.77 Å². The molecule has 0 atom stereocenters. The van der Waals surface area contributed by atoms with Crippen LogP contribution in [0.4, 0.5) is 0 Å². The van der Waals surface area contributed by atoms with Crippen molar-refractivity contribution >= 4 is 58.1 Å². The van der Waals surface area contributed by atoms with E-state index < -0.39 is 0 Å². The maximum Gasteiger partial charge on any atom is 0.266 e. The summed E-state index contributed by atoms with van der Waals surface area (Å²) in [5.41, 5.74) is 0.885. The zero-order valence-corrected chi connectivity index (χ0v) is 17.7. The molecule has 28 heavy (non-hydrogen) atoms. The molecule has 0 saturated carbocycles. The number of nitrogens with one attached hydrogen (secondary N) is 1. The van der Waals surface area contributed by atoms with Gasteiger partial charge in [-0.1, -0.05) is 53.2 Å². The maximum absolute atomic E-state index is 13.3. The third-order valence-corrected chi connectivity index (χ3v) is 5.98. The minimum absolute atomic E-state index is 0.238. The summed E-state index contributed by atoms with van der Waals surface area (Å²) in [7, 11) is 1.83. The van der Waals surface area contributed by atoms with Gasteiger partial charge in [-0.2, -0.15) is 5.10 Å². The molecule has 2 aromatic carbocycles. The summed E-state index contributed by atoms with van der Waals surface area (Å²) >= 11 is 18.9. The fourth-order valence-corrected chi connectivity index (χ4v) is 4.41. The van der Waals surface area contributed by atoms with E-state index in [1.807, 2.05) is 37.4 Å². The Balaban J connectivity index is 1.91. The van der Waals surface area contributed by atoms with Crippen molar-refractivity contribution in [3.05, 3.63) is 73.5 Å². The number of aromatic nitrogens is 5. The van der Waals surface area contributed by atoms with Gasteiger partial charge in [-0.25, -0.2) is 4.98 Å². The molecule has 10 heteroatoms. The van der Waals surface area contributed by atoms with Crippen LogP contribution >= 0.6 is 47.2 Å².